The van der Waals surface area contributed by atoms with E-state index in [2.05, 4.69) is 15.5 Å². The third-order valence-corrected chi connectivity index (χ3v) is 1.98. The maximum atomic E-state index is 9.67. The molecule has 1 aromatic rings. The molecule has 0 saturated carbocycles. The molecule has 13 heavy (non-hydrogen) atoms. The van der Waals surface area contributed by atoms with Crippen molar-refractivity contribution in [2.45, 2.75) is 25.9 Å². The molecule has 0 saturated heterocycles. The zero-order valence-electron chi connectivity index (χ0n) is 7.99. The smallest absolute Gasteiger partial charge is 0.148 e. The molecule has 1 heterocycles. The van der Waals surface area contributed by atoms with Gasteiger partial charge in [-0.1, -0.05) is 6.92 Å². The number of aromatic nitrogens is 2. The fourth-order valence-electron chi connectivity index (χ4n) is 0.802. The van der Waals surface area contributed by atoms with Crippen LogP contribution in [0.5, 0.6) is 0 Å². The Labute approximate surface area is 78.0 Å². The van der Waals surface area contributed by atoms with Gasteiger partial charge in [0.25, 0.3) is 0 Å². The van der Waals surface area contributed by atoms with Crippen LogP contribution in [0.2, 0.25) is 0 Å². The second kappa shape index (κ2) is 4.18. The first-order chi connectivity index (χ1) is 6.14. The van der Waals surface area contributed by atoms with Crippen molar-refractivity contribution >= 4 is 5.82 Å². The molecule has 4 nitrogen and oxygen atoms in total. The lowest BCUT2D eigenvalue weighted by atomic mass is 10.0. The fraction of sp³-hybridized carbons (Fsp3) is 0.556. The van der Waals surface area contributed by atoms with Gasteiger partial charge in [0.15, 0.2) is 0 Å². The van der Waals surface area contributed by atoms with Crippen LogP contribution in [0.3, 0.4) is 0 Å². The highest BCUT2D eigenvalue weighted by molar-refractivity contribution is 5.31. The lowest BCUT2D eigenvalue weighted by molar-refractivity contribution is 0.0696. The van der Waals surface area contributed by atoms with Crippen LogP contribution in [0.4, 0.5) is 5.82 Å². The monoisotopic (exact) mass is 181 g/mol. The van der Waals surface area contributed by atoms with E-state index in [0.29, 0.717) is 18.8 Å². The van der Waals surface area contributed by atoms with E-state index < -0.39 is 5.60 Å². The molecule has 1 unspecified atom stereocenters. The van der Waals surface area contributed by atoms with Gasteiger partial charge in [0, 0.05) is 12.7 Å². The molecule has 1 aromatic heterocycles. The van der Waals surface area contributed by atoms with Gasteiger partial charge in [-0.15, -0.1) is 5.10 Å². The van der Waals surface area contributed by atoms with E-state index in [1.807, 2.05) is 13.0 Å². The minimum Gasteiger partial charge on any atom is -0.388 e. The minimum absolute atomic E-state index is 0.488. The molecule has 0 aromatic carbocycles. The Balaban J connectivity index is 2.44. The molecular weight excluding hydrogens is 166 g/mol. The molecule has 1 atom stereocenters. The predicted octanol–water partition coefficient (Wildman–Crippen LogP) is 1.05. The molecule has 4 heteroatoms. The normalized spacial score (nSPS) is 15.0. The van der Waals surface area contributed by atoms with Crippen LogP contribution in [0, 0.1) is 0 Å². The van der Waals surface area contributed by atoms with Crippen molar-refractivity contribution in [2.75, 3.05) is 11.9 Å². The number of rotatable bonds is 4. The number of nitrogens with zero attached hydrogens (tertiary/aromatic N) is 2. The average Bonchev–Trinajstić information content (AvgIpc) is 2.17. The molecule has 0 amide bonds. The van der Waals surface area contributed by atoms with Gasteiger partial charge in [-0.05, 0) is 25.5 Å². The van der Waals surface area contributed by atoms with E-state index in [1.54, 1.807) is 19.2 Å². The molecule has 72 valence electrons. The van der Waals surface area contributed by atoms with Crippen LogP contribution < -0.4 is 5.32 Å². The third-order valence-electron chi connectivity index (χ3n) is 1.98. The van der Waals surface area contributed by atoms with Gasteiger partial charge in [-0.2, -0.15) is 5.10 Å². The summed E-state index contributed by atoms with van der Waals surface area (Å²) >= 11 is 0. The fourth-order valence-corrected chi connectivity index (χ4v) is 0.802. The summed E-state index contributed by atoms with van der Waals surface area (Å²) in [6, 6.07) is 3.62. The minimum atomic E-state index is -0.683. The molecule has 2 N–H and O–H groups in total. The van der Waals surface area contributed by atoms with Gasteiger partial charge >= 0.3 is 0 Å². The van der Waals surface area contributed by atoms with Gasteiger partial charge < -0.3 is 10.4 Å². The first-order valence-electron chi connectivity index (χ1n) is 4.38. The number of aliphatic hydroxyl groups is 1. The van der Waals surface area contributed by atoms with Crippen molar-refractivity contribution < 1.29 is 5.11 Å². The topological polar surface area (TPSA) is 58.0 Å². The molecule has 0 aliphatic rings. The summed E-state index contributed by atoms with van der Waals surface area (Å²) in [6.07, 6.45) is 2.32. The number of hydrogen-bond donors (Lipinski definition) is 2. The van der Waals surface area contributed by atoms with Crippen molar-refractivity contribution in [3.05, 3.63) is 18.3 Å². The number of hydrogen-bond acceptors (Lipinski definition) is 4. The molecule has 0 radical (unpaired) electrons. The van der Waals surface area contributed by atoms with Crippen molar-refractivity contribution in [2.24, 2.45) is 0 Å². The van der Waals surface area contributed by atoms with E-state index in [9.17, 15) is 5.11 Å². The average molecular weight is 181 g/mol. The largest absolute Gasteiger partial charge is 0.388 e. The van der Waals surface area contributed by atoms with Gasteiger partial charge in [-0.3, -0.25) is 0 Å². The Bertz CT molecular complexity index is 248. The van der Waals surface area contributed by atoms with Crippen molar-refractivity contribution in [1.82, 2.24) is 10.2 Å². The summed E-state index contributed by atoms with van der Waals surface area (Å²) in [5, 5.41) is 20.2. The molecule has 0 aliphatic heterocycles. The second-order valence-corrected chi connectivity index (χ2v) is 3.31. The maximum absolute atomic E-state index is 9.67. The molecular formula is C9H15N3O. The Morgan fingerprint density at radius 3 is 2.92 bits per heavy atom. The van der Waals surface area contributed by atoms with Crippen LogP contribution in [0.15, 0.2) is 18.3 Å². The quantitative estimate of drug-likeness (QED) is 0.729. The van der Waals surface area contributed by atoms with Gasteiger partial charge in [0.2, 0.25) is 0 Å². The molecule has 0 bridgehead atoms. The SMILES string of the molecule is CCC(C)(O)CNc1cccnn1. The van der Waals surface area contributed by atoms with Gasteiger partial charge in [0.1, 0.15) is 5.82 Å². The summed E-state index contributed by atoms with van der Waals surface area (Å²) in [5.41, 5.74) is -0.683. The summed E-state index contributed by atoms with van der Waals surface area (Å²) in [5.74, 6) is 0.691. The van der Waals surface area contributed by atoms with E-state index in [4.69, 9.17) is 0 Å². The molecule has 0 fully saturated rings. The van der Waals surface area contributed by atoms with Crippen LogP contribution in [-0.2, 0) is 0 Å². The highest BCUT2D eigenvalue weighted by atomic mass is 16.3. The Hall–Kier alpha value is -1.16. The Morgan fingerprint density at radius 2 is 2.38 bits per heavy atom. The Kier molecular flexibility index (Phi) is 3.19. The van der Waals surface area contributed by atoms with Crippen LogP contribution in [-0.4, -0.2) is 27.4 Å². The van der Waals surface area contributed by atoms with Crippen LogP contribution in [0.25, 0.3) is 0 Å². The maximum Gasteiger partial charge on any atom is 0.148 e. The van der Waals surface area contributed by atoms with E-state index in [1.165, 1.54) is 0 Å². The van der Waals surface area contributed by atoms with E-state index in [-0.39, 0.29) is 0 Å². The highest BCUT2D eigenvalue weighted by Crippen LogP contribution is 2.09. The predicted molar refractivity (Wildman–Crippen MR) is 51.4 cm³/mol. The van der Waals surface area contributed by atoms with Crippen LogP contribution >= 0.6 is 0 Å². The molecule has 1 rings (SSSR count). The third kappa shape index (κ3) is 3.38. The summed E-state index contributed by atoms with van der Waals surface area (Å²) in [4.78, 5) is 0. The van der Waals surface area contributed by atoms with Crippen molar-refractivity contribution in [3.63, 3.8) is 0 Å². The molecule has 0 spiro atoms. The van der Waals surface area contributed by atoms with E-state index >= 15 is 0 Å². The zero-order chi connectivity index (χ0) is 9.73. The van der Waals surface area contributed by atoms with Gasteiger partial charge in [-0.25, -0.2) is 0 Å². The lowest BCUT2D eigenvalue weighted by Gasteiger charge is -2.21. The van der Waals surface area contributed by atoms with Crippen LogP contribution in [0.1, 0.15) is 20.3 Å². The first-order valence-corrected chi connectivity index (χ1v) is 4.38. The second-order valence-electron chi connectivity index (χ2n) is 3.31. The Morgan fingerprint density at radius 1 is 1.62 bits per heavy atom. The summed E-state index contributed by atoms with van der Waals surface area (Å²) in [6.45, 7) is 4.22. The summed E-state index contributed by atoms with van der Waals surface area (Å²) in [7, 11) is 0. The van der Waals surface area contributed by atoms with Gasteiger partial charge in [0.05, 0.1) is 5.60 Å². The van der Waals surface area contributed by atoms with Crippen molar-refractivity contribution in [1.29, 1.82) is 0 Å². The number of nitrogens with one attached hydrogen (secondary N) is 1. The first kappa shape index (κ1) is 9.92. The lowest BCUT2D eigenvalue weighted by Crippen LogP contribution is -2.32. The summed E-state index contributed by atoms with van der Waals surface area (Å²) < 4.78 is 0. The highest BCUT2D eigenvalue weighted by Gasteiger charge is 2.16. The zero-order valence-corrected chi connectivity index (χ0v) is 7.99. The van der Waals surface area contributed by atoms with Crippen molar-refractivity contribution in [3.8, 4) is 0 Å². The van der Waals surface area contributed by atoms with E-state index in [0.717, 1.165) is 0 Å². The molecule has 0 aliphatic carbocycles. The number of anilines is 1. The standard InChI is InChI=1S/C9H15N3O/c1-3-9(2,13)7-10-8-5-4-6-11-12-8/h4-6,13H,3,7H2,1-2H3,(H,10,12).